The van der Waals surface area contributed by atoms with Crippen molar-refractivity contribution >= 4 is 64.2 Å². The lowest BCUT2D eigenvalue weighted by molar-refractivity contribution is 0.0692. The van der Waals surface area contributed by atoms with E-state index in [4.69, 9.17) is 10.3 Å². The maximum atomic E-state index is 11.9. The summed E-state index contributed by atoms with van der Waals surface area (Å²) in [6, 6.07) is 4.83. The largest absolute Gasteiger partial charge is 0.505 e. The molecule has 0 bridgehead atoms. The maximum absolute atomic E-state index is 11.9. The van der Waals surface area contributed by atoms with Crippen molar-refractivity contribution in [1.82, 2.24) is 0 Å². The highest BCUT2D eigenvalue weighted by Crippen LogP contribution is 2.44. The summed E-state index contributed by atoms with van der Waals surface area (Å²) in [7, 11) is -15.2. The van der Waals surface area contributed by atoms with E-state index in [9.17, 15) is 49.4 Å². The fourth-order valence-electron chi connectivity index (χ4n) is 3.07. The number of aromatic carboxylic acids is 1. The number of nitrogens with two attached hydrogens (primary N) is 1. The van der Waals surface area contributed by atoms with Gasteiger partial charge in [0.2, 0.25) is 0 Å². The number of nitrogen functional groups attached to an aromatic ring is 1. The van der Waals surface area contributed by atoms with Crippen LogP contribution in [0.15, 0.2) is 61.3 Å². The Morgan fingerprint density at radius 1 is 0.771 bits per heavy atom. The molecule has 3 aromatic carbocycles. The van der Waals surface area contributed by atoms with Crippen LogP contribution in [0, 0.1) is 0 Å². The predicted octanol–water partition coefficient (Wildman–Crippen LogP) is 1.98. The number of rotatable bonds is 6. The van der Waals surface area contributed by atoms with E-state index in [1.807, 2.05) is 0 Å². The number of nitrogens with zero attached hydrogens (tertiary/aromatic N) is 2. The van der Waals surface area contributed by atoms with Crippen molar-refractivity contribution in [3.8, 4) is 5.75 Å². The smallest absolute Gasteiger partial charge is 0.337 e. The quantitative estimate of drug-likeness (QED) is 0.146. The number of azo groups is 1. The van der Waals surface area contributed by atoms with Gasteiger partial charge in [-0.1, -0.05) is 0 Å². The highest BCUT2D eigenvalue weighted by atomic mass is 32.2. The van der Waals surface area contributed by atoms with E-state index < -0.39 is 79.1 Å². The molecular weight excluding hydrogens is 534 g/mol. The molecule has 3 rings (SSSR count). The molecule has 0 unspecified atom stereocenters. The third-order valence-corrected chi connectivity index (χ3v) is 7.24. The number of aromatic hydroxyl groups is 1. The highest BCUT2D eigenvalue weighted by Gasteiger charge is 2.27. The van der Waals surface area contributed by atoms with Crippen LogP contribution in [0.2, 0.25) is 0 Å². The molecule has 3 aromatic rings. The van der Waals surface area contributed by atoms with Gasteiger partial charge in [-0.15, -0.1) is 5.11 Å². The first kappa shape index (κ1) is 25.9. The average molecular weight is 548 g/mol. The zero-order valence-electron chi connectivity index (χ0n) is 16.8. The van der Waals surface area contributed by atoms with Gasteiger partial charge in [0.1, 0.15) is 20.4 Å². The Bertz CT molecular complexity index is 1760. The summed E-state index contributed by atoms with van der Waals surface area (Å²) < 4.78 is 98.3. The van der Waals surface area contributed by atoms with Crippen molar-refractivity contribution in [2.45, 2.75) is 14.7 Å². The SMILES string of the molecule is Nc1ccc2c(O)c(N=Nc3ccc(S(=O)(=O)O)c(C(=O)O)c3)c(S(=O)(=O)O)cc2c1S(=O)(=O)O. The minimum Gasteiger partial charge on any atom is -0.505 e. The molecule has 0 spiro atoms. The number of phenols is 1. The lowest BCUT2D eigenvalue weighted by Gasteiger charge is -2.12. The summed E-state index contributed by atoms with van der Waals surface area (Å²) in [4.78, 5) is 8.26. The molecular formula is C17H13N3O12S3. The molecule has 0 aliphatic rings. The number of carboxylic acid groups (broad SMARTS) is 1. The number of phenolic OH excluding ortho intramolecular Hbond substituents is 1. The van der Waals surface area contributed by atoms with Gasteiger partial charge < -0.3 is 15.9 Å². The molecule has 186 valence electrons. The van der Waals surface area contributed by atoms with Gasteiger partial charge in [0.15, 0.2) is 5.75 Å². The Morgan fingerprint density at radius 3 is 1.89 bits per heavy atom. The summed E-state index contributed by atoms with van der Waals surface area (Å²) in [5, 5.41) is 25.8. The van der Waals surface area contributed by atoms with Crippen LogP contribution >= 0.6 is 0 Å². The molecule has 15 nitrogen and oxygen atoms in total. The van der Waals surface area contributed by atoms with Gasteiger partial charge in [-0.2, -0.15) is 30.4 Å². The first-order valence-corrected chi connectivity index (χ1v) is 13.0. The topological polar surface area (TPSA) is 271 Å². The zero-order valence-corrected chi connectivity index (χ0v) is 19.2. The third kappa shape index (κ3) is 5.06. The van der Waals surface area contributed by atoms with E-state index in [2.05, 4.69) is 10.2 Å². The van der Waals surface area contributed by atoms with Gasteiger partial charge in [-0.3, -0.25) is 13.7 Å². The lowest BCUT2D eigenvalue weighted by atomic mass is 10.1. The fourth-order valence-corrected chi connectivity index (χ4v) is 5.20. The van der Waals surface area contributed by atoms with Gasteiger partial charge in [0.25, 0.3) is 30.4 Å². The van der Waals surface area contributed by atoms with Crippen molar-refractivity contribution in [2.75, 3.05) is 5.73 Å². The normalized spacial score (nSPS) is 12.9. The van der Waals surface area contributed by atoms with Crippen LogP contribution < -0.4 is 5.73 Å². The summed E-state index contributed by atoms with van der Waals surface area (Å²) in [5.74, 6) is -2.78. The number of hydrogen-bond donors (Lipinski definition) is 6. The van der Waals surface area contributed by atoms with Crippen LogP contribution in [0.25, 0.3) is 10.8 Å². The van der Waals surface area contributed by atoms with E-state index >= 15 is 0 Å². The first-order valence-electron chi connectivity index (χ1n) is 8.72. The number of fused-ring (bicyclic) bond motifs is 1. The Balaban J connectivity index is 2.33. The van der Waals surface area contributed by atoms with Crippen LogP contribution in [-0.2, 0) is 30.4 Å². The van der Waals surface area contributed by atoms with Crippen LogP contribution in [0.3, 0.4) is 0 Å². The molecule has 0 fully saturated rings. The molecule has 0 amide bonds. The number of anilines is 1. The third-order valence-electron chi connectivity index (χ3n) is 4.49. The van der Waals surface area contributed by atoms with Gasteiger partial charge in [0.05, 0.1) is 16.9 Å². The van der Waals surface area contributed by atoms with Crippen LogP contribution in [-0.4, -0.2) is 55.1 Å². The molecule has 0 atom stereocenters. The van der Waals surface area contributed by atoms with E-state index in [0.29, 0.717) is 18.2 Å². The predicted molar refractivity (Wildman–Crippen MR) is 117 cm³/mol. The van der Waals surface area contributed by atoms with Crippen molar-refractivity contribution in [3.05, 3.63) is 42.0 Å². The van der Waals surface area contributed by atoms with Gasteiger partial charge >= 0.3 is 5.97 Å². The van der Waals surface area contributed by atoms with Crippen LogP contribution in [0.1, 0.15) is 10.4 Å². The van der Waals surface area contributed by atoms with E-state index in [1.165, 1.54) is 0 Å². The molecule has 0 aromatic heterocycles. The van der Waals surface area contributed by atoms with Crippen molar-refractivity contribution in [3.63, 3.8) is 0 Å². The summed E-state index contributed by atoms with van der Waals surface area (Å²) in [6.45, 7) is 0. The average Bonchev–Trinajstić information content (AvgIpc) is 2.70. The zero-order chi connectivity index (χ0) is 26.5. The van der Waals surface area contributed by atoms with Gasteiger partial charge in [-0.05, 0) is 36.4 Å². The fraction of sp³-hybridized carbons (Fsp3) is 0. The van der Waals surface area contributed by atoms with Crippen molar-refractivity contribution < 1.29 is 53.9 Å². The molecule has 7 N–H and O–H groups in total. The number of carbonyl (C=O) groups is 1. The molecule has 0 radical (unpaired) electrons. The van der Waals surface area contributed by atoms with E-state index in [1.54, 1.807) is 0 Å². The molecule has 0 saturated heterocycles. The molecule has 0 aliphatic carbocycles. The molecule has 18 heteroatoms. The Kier molecular flexibility index (Phi) is 6.31. The lowest BCUT2D eigenvalue weighted by Crippen LogP contribution is -2.07. The van der Waals surface area contributed by atoms with Crippen LogP contribution in [0.5, 0.6) is 5.75 Å². The number of benzene rings is 3. The summed E-state index contributed by atoms with van der Waals surface area (Å²) in [5.41, 5.74) is 2.84. The minimum atomic E-state index is -5.21. The molecule has 0 heterocycles. The second-order valence-corrected chi connectivity index (χ2v) is 10.9. The van der Waals surface area contributed by atoms with Gasteiger partial charge in [-0.25, -0.2) is 4.79 Å². The molecule has 35 heavy (non-hydrogen) atoms. The molecule has 0 saturated carbocycles. The first-order chi connectivity index (χ1) is 15.9. The minimum absolute atomic E-state index is 0.374. The summed E-state index contributed by atoms with van der Waals surface area (Å²) >= 11 is 0. The standard InChI is InChI=1S/C17H13N3O12S3/c18-11-3-2-8-9(16(11)35(30,31)32)6-13(34(27,28)29)14(15(8)21)20-19-7-1-4-12(33(24,25)26)10(5-7)17(22)23/h1-6,21H,18H2,(H,22,23)(H,24,25,26)(H,27,28,29)(H,30,31,32). The number of hydrogen-bond acceptors (Lipinski definition) is 11. The van der Waals surface area contributed by atoms with E-state index in [0.717, 1.165) is 18.2 Å². The van der Waals surface area contributed by atoms with Gasteiger partial charge in [0, 0.05) is 10.8 Å². The highest BCUT2D eigenvalue weighted by molar-refractivity contribution is 7.86. The van der Waals surface area contributed by atoms with Crippen molar-refractivity contribution in [1.29, 1.82) is 0 Å². The van der Waals surface area contributed by atoms with Crippen LogP contribution in [0.4, 0.5) is 17.1 Å². The second kappa shape index (κ2) is 8.52. The van der Waals surface area contributed by atoms with E-state index in [-0.39, 0.29) is 11.1 Å². The molecule has 0 aliphatic heterocycles. The second-order valence-electron chi connectivity index (χ2n) is 6.76. The monoisotopic (exact) mass is 547 g/mol. The van der Waals surface area contributed by atoms with Crippen molar-refractivity contribution in [2.24, 2.45) is 10.2 Å². The summed E-state index contributed by atoms with van der Waals surface area (Å²) in [6.07, 6.45) is 0. The Labute approximate surface area is 196 Å². The maximum Gasteiger partial charge on any atom is 0.337 e. The number of carboxylic acids is 1. The Hall–Kier alpha value is -3.68. The Morgan fingerprint density at radius 2 is 1.37 bits per heavy atom.